The molecule has 0 unspecified atom stereocenters. The van der Waals surface area contributed by atoms with E-state index in [0.717, 1.165) is 5.56 Å². The van der Waals surface area contributed by atoms with E-state index < -0.39 is 17.5 Å². The van der Waals surface area contributed by atoms with E-state index in [2.05, 4.69) is 0 Å². The van der Waals surface area contributed by atoms with Gasteiger partial charge in [-0.3, -0.25) is 14.5 Å². The fourth-order valence-corrected chi connectivity index (χ4v) is 4.13. The van der Waals surface area contributed by atoms with Crippen molar-refractivity contribution < 1.29 is 19.1 Å². The lowest BCUT2D eigenvalue weighted by atomic mass is 10.1. The molecule has 178 valence electrons. The van der Waals surface area contributed by atoms with Crippen LogP contribution in [-0.2, 0) is 16.1 Å². The van der Waals surface area contributed by atoms with Crippen LogP contribution in [0.2, 0.25) is 15.1 Å². The van der Waals surface area contributed by atoms with E-state index in [9.17, 15) is 9.59 Å². The first-order valence-electron chi connectivity index (χ1n) is 10.5. The molecule has 34 heavy (non-hydrogen) atoms. The molecule has 0 bridgehead atoms. The van der Waals surface area contributed by atoms with Crippen LogP contribution in [0, 0.1) is 0 Å². The average Bonchev–Trinajstić information content (AvgIpc) is 2.75. The van der Waals surface area contributed by atoms with Gasteiger partial charge in [0.2, 0.25) is 0 Å². The number of hydrogen-bond donors (Lipinski definition) is 0. The van der Waals surface area contributed by atoms with Crippen LogP contribution in [0.15, 0.2) is 66.7 Å². The second kappa shape index (κ2) is 11.1. The fraction of sp³-hybridized carbons (Fsp3) is 0.231. The Labute approximate surface area is 214 Å². The third kappa shape index (κ3) is 7.13. The minimum atomic E-state index is -0.720. The largest absolute Gasteiger partial charge is 0.489 e. The second-order valence-electron chi connectivity index (χ2n) is 8.49. The molecule has 0 N–H and O–H groups in total. The van der Waals surface area contributed by atoms with Gasteiger partial charge in [0.25, 0.3) is 5.91 Å². The molecule has 0 saturated heterocycles. The van der Waals surface area contributed by atoms with Gasteiger partial charge < -0.3 is 9.47 Å². The first-order chi connectivity index (χ1) is 16.0. The highest BCUT2D eigenvalue weighted by Gasteiger charge is 2.28. The summed E-state index contributed by atoms with van der Waals surface area (Å²) in [6.07, 6.45) is 0. The summed E-state index contributed by atoms with van der Waals surface area (Å²) in [4.78, 5) is 27.5. The number of benzene rings is 3. The highest BCUT2D eigenvalue weighted by atomic mass is 35.5. The number of anilines is 1. The SMILES string of the molecule is CC(C)(C)OC(=O)CN(C(=O)c1c(Cl)cc(Cl)cc1Cl)c1cccc(OCc2ccccc2)c1. The molecule has 0 spiro atoms. The number of halogens is 3. The second-order valence-corrected chi connectivity index (χ2v) is 9.74. The van der Waals surface area contributed by atoms with Crippen LogP contribution in [0.3, 0.4) is 0 Å². The highest BCUT2D eigenvalue weighted by Crippen LogP contribution is 2.32. The average molecular weight is 521 g/mol. The molecule has 3 aromatic carbocycles. The summed E-state index contributed by atoms with van der Waals surface area (Å²) in [6, 6.07) is 19.4. The Bertz CT molecular complexity index is 1150. The molecule has 5 nitrogen and oxygen atoms in total. The van der Waals surface area contributed by atoms with Gasteiger partial charge in [0.05, 0.1) is 15.6 Å². The predicted molar refractivity (Wildman–Crippen MR) is 136 cm³/mol. The van der Waals surface area contributed by atoms with E-state index in [4.69, 9.17) is 44.3 Å². The molecule has 0 aromatic heterocycles. The maximum atomic E-state index is 13.6. The fourth-order valence-electron chi connectivity index (χ4n) is 3.15. The number of ether oxygens (including phenoxy) is 2. The standard InChI is InChI=1S/C26H24Cl3NO4/c1-26(2,3)34-23(31)15-30(25(32)24-21(28)12-18(27)13-22(24)29)19-10-7-11-20(14-19)33-16-17-8-5-4-6-9-17/h4-14H,15-16H2,1-3H3. The minimum absolute atomic E-state index is 0.0342. The molecule has 1 amide bonds. The topological polar surface area (TPSA) is 55.8 Å². The van der Waals surface area contributed by atoms with Crippen LogP contribution in [0.25, 0.3) is 0 Å². The maximum absolute atomic E-state index is 13.6. The number of hydrogen-bond acceptors (Lipinski definition) is 4. The van der Waals surface area contributed by atoms with Crippen molar-refractivity contribution in [3.8, 4) is 5.75 Å². The van der Waals surface area contributed by atoms with Crippen molar-refractivity contribution in [2.24, 2.45) is 0 Å². The first kappa shape index (κ1) is 25.9. The monoisotopic (exact) mass is 519 g/mol. The summed E-state index contributed by atoms with van der Waals surface area (Å²) >= 11 is 18.6. The quantitative estimate of drug-likeness (QED) is 0.309. The lowest BCUT2D eigenvalue weighted by Crippen LogP contribution is -2.39. The van der Waals surface area contributed by atoms with Crippen LogP contribution in [0.4, 0.5) is 5.69 Å². The zero-order valence-electron chi connectivity index (χ0n) is 19.0. The molecule has 3 aromatic rings. The van der Waals surface area contributed by atoms with Crippen LogP contribution in [-0.4, -0.2) is 24.0 Å². The van der Waals surface area contributed by atoms with Crippen molar-refractivity contribution in [3.05, 3.63) is 92.9 Å². The van der Waals surface area contributed by atoms with E-state index >= 15 is 0 Å². The Morgan fingerprint density at radius 2 is 1.53 bits per heavy atom. The number of amides is 1. The van der Waals surface area contributed by atoms with Gasteiger partial charge in [0.15, 0.2) is 0 Å². The van der Waals surface area contributed by atoms with E-state index in [-0.39, 0.29) is 22.2 Å². The van der Waals surface area contributed by atoms with Crippen molar-refractivity contribution in [3.63, 3.8) is 0 Å². The van der Waals surface area contributed by atoms with E-state index in [1.165, 1.54) is 17.0 Å². The number of rotatable bonds is 7. The third-order valence-corrected chi connectivity index (χ3v) is 5.37. The number of esters is 1. The smallest absolute Gasteiger partial charge is 0.326 e. The summed E-state index contributed by atoms with van der Waals surface area (Å²) in [7, 11) is 0. The van der Waals surface area contributed by atoms with Gasteiger partial charge in [-0.25, -0.2) is 0 Å². The van der Waals surface area contributed by atoms with Gasteiger partial charge in [-0.1, -0.05) is 71.2 Å². The summed E-state index contributed by atoms with van der Waals surface area (Å²) < 4.78 is 11.3. The number of carbonyl (C=O) groups is 2. The summed E-state index contributed by atoms with van der Waals surface area (Å²) in [5.74, 6) is -0.632. The van der Waals surface area contributed by atoms with E-state index in [1.54, 1.807) is 45.0 Å². The first-order valence-corrected chi connectivity index (χ1v) is 11.6. The van der Waals surface area contributed by atoms with E-state index in [0.29, 0.717) is 23.1 Å². The summed E-state index contributed by atoms with van der Waals surface area (Å²) in [5, 5.41) is 0.447. The van der Waals surface area contributed by atoms with E-state index in [1.807, 2.05) is 30.3 Å². The van der Waals surface area contributed by atoms with Crippen molar-refractivity contribution in [1.29, 1.82) is 0 Å². The van der Waals surface area contributed by atoms with Crippen molar-refractivity contribution >= 4 is 52.4 Å². The van der Waals surface area contributed by atoms with Crippen LogP contribution in [0.5, 0.6) is 5.75 Å². The molecule has 8 heteroatoms. The molecule has 0 heterocycles. The van der Waals surface area contributed by atoms with Crippen LogP contribution in [0.1, 0.15) is 36.7 Å². The molecular weight excluding hydrogens is 497 g/mol. The summed E-state index contributed by atoms with van der Waals surface area (Å²) in [6.45, 7) is 5.25. The van der Waals surface area contributed by atoms with Gasteiger partial charge >= 0.3 is 5.97 Å². The Kier molecular flexibility index (Phi) is 8.47. The molecular formula is C26H24Cl3NO4. The molecule has 0 atom stereocenters. The van der Waals surface area contributed by atoms with Crippen molar-refractivity contribution in [2.75, 3.05) is 11.4 Å². The van der Waals surface area contributed by atoms with Crippen molar-refractivity contribution in [2.45, 2.75) is 33.0 Å². The lowest BCUT2D eigenvalue weighted by Gasteiger charge is -2.26. The van der Waals surface area contributed by atoms with Crippen LogP contribution >= 0.6 is 34.8 Å². The third-order valence-electron chi connectivity index (χ3n) is 4.55. The lowest BCUT2D eigenvalue weighted by molar-refractivity contribution is -0.152. The molecule has 0 saturated carbocycles. The van der Waals surface area contributed by atoms with Gasteiger partial charge in [-0.05, 0) is 50.6 Å². The van der Waals surface area contributed by atoms with Crippen molar-refractivity contribution in [1.82, 2.24) is 0 Å². The zero-order valence-corrected chi connectivity index (χ0v) is 21.2. The van der Waals surface area contributed by atoms with Gasteiger partial charge in [-0.2, -0.15) is 0 Å². The number of nitrogens with zero attached hydrogens (tertiary/aromatic N) is 1. The molecule has 0 aliphatic heterocycles. The highest BCUT2D eigenvalue weighted by molar-refractivity contribution is 6.42. The Hall–Kier alpha value is -2.73. The maximum Gasteiger partial charge on any atom is 0.326 e. The molecule has 0 aliphatic rings. The minimum Gasteiger partial charge on any atom is -0.489 e. The Balaban J connectivity index is 1.94. The predicted octanol–water partition coefficient (Wildman–Crippen LogP) is 7.21. The molecule has 3 rings (SSSR count). The normalized spacial score (nSPS) is 11.1. The van der Waals surface area contributed by atoms with Crippen LogP contribution < -0.4 is 9.64 Å². The van der Waals surface area contributed by atoms with Gasteiger partial charge in [-0.15, -0.1) is 0 Å². The van der Waals surface area contributed by atoms with Gasteiger partial charge in [0, 0.05) is 16.8 Å². The van der Waals surface area contributed by atoms with Gasteiger partial charge in [0.1, 0.15) is 24.5 Å². The molecule has 0 aliphatic carbocycles. The number of carbonyl (C=O) groups excluding carboxylic acids is 2. The molecule has 0 fully saturated rings. The molecule has 0 radical (unpaired) electrons. The Morgan fingerprint density at radius 3 is 2.15 bits per heavy atom. The Morgan fingerprint density at radius 1 is 0.882 bits per heavy atom. The zero-order chi connectivity index (χ0) is 24.9. The summed E-state index contributed by atoms with van der Waals surface area (Å²) in [5.41, 5.74) is 0.729.